The molecule has 0 amide bonds. The third-order valence-corrected chi connectivity index (χ3v) is 7.08. The molecule has 3 aromatic rings. The van der Waals surface area contributed by atoms with E-state index in [1.165, 1.54) is 16.7 Å². The van der Waals surface area contributed by atoms with Gasteiger partial charge < -0.3 is 24.8 Å². The van der Waals surface area contributed by atoms with Crippen LogP contribution in [-0.4, -0.2) is 67.0 Å². The lowest BCUT2D eigenvalue weighted by molar-refractivity contribution is 0.173. The van der Waals surface area contributed by atoms with E-state index in [1.807, 2.05) is 12.4 Å². The first kappa shape index (κ1) is 27.1. The van der Waals surface area contributed by atoms with Crippen LogP contribution in [0.4, 0.5) is 0 Å². The molecule has 0 bridgehead atoms. The van der Waals surface area contributed by atoms with E-state index in [0.717, 1.165) is 81.0 Å². The standard InChI is InChI=1S/C31H41N3O3/c1-24-28(7-3-9-30(24)36-21-5-15-32-16-11-26-12-17-33-18-13-26)29-8-4-10-31(25(29)2)37-22-6-19-34-20-14-27(35)23-34/h3-4,7-10,12-13,17-18,27,32,35H,5-6,11,14-16,19-23H2,1-2H3. The van der Waals surface area contributed by atoms with E-state index < -0.39 is 0 Å². The first-order valence-corrected chi connectivity index (χ1v) is 13.6. The van der Waals surface area contributed by atoms with Crippen LogP contribution in [0.1, 0.15) is 36.0 Å². The van der Waals surface area contributed by atoms with Gasteiger partial charge in [-0.05, 0) is 105 Å². The van der Waals surface area contributed by atoms with Crippen molar-refractivity contribution in [3.05, 3.63) is 77.6 Å². The smallest absolute Gasteiger partial charge is 0.122 e. The van der Waals surface area contributed by atoms with Gasteiger partial charge in [-0.1, -0.05) is 24.3 Å². The van der Waals surface area contributed by atoms with Crippen molar-refractivity contribution in [3.8, 4) is 22.6 Å². The minimum atomic E-state index is -0.164. The number of hydrogen-bond acceptors (Lipinski definition) is 6. The maximum Gasteiger partial charge on any atom is 0.122 e. The molecule has 1 fully saturated rings. The number of aliphatic hydroxyl groups is 1. The molecule has 0 saturated carbocycles. The van der Waals surface area contributed by atoms with E-state index in [0.29, 0.717) is 13.2 Å². The average molecular weight is 504 g/mol. The minimum absolute atomic E-state index is 0.164. The van der Waals surface area contributed by atoms with E-state index in [9.17, 15) is 5.11 Å². The number of pyridine rings is 1. The molecule has 6 nitrogen and oxygen atoms in total. The summed E-state index contributed by atoms with van der Waals surface area (Å²) in [6.07, 6.45) is 7.32. The molecule has 2 aromatic carbocycles. The van der Waals surface area contributed by atoms with Crippen molar-refractivity contribution >= 4 is 0 Å². The number of ether oxygens (including phenoxy) is 2. The summed E-state index contributed by atoms with van der Waals surface area (Å²) in [6, 6.07) is 16.7. The van der Waals surface area contributed by atoms with Gasteiger partial charge in [0.15, 0.2) is 0 Å². The van der Waals surface area contributed by atoms with E-state index in [4.69, 9.17) is 9.47 Å². The Morgan fingerprint density at radius 3 is 2.16 bits per heavy atom. The van der Waals surface area contributed by atoms with Gasteiger partial charge in [0.05, 0.1) is 19.3 Å². The predicted octanol–water partition coefficient (Wildman–Crippen LogP) is 4.80. The molecule has 1 aliphatic rings. The number of likely N-dealkylation sites (tertiary alicyclic amines) is 1. The van der Waals surface area contributed by atoms with Gasteiger partial charge in [0.25, 0.3) is 0 Å². The van der Waals surface area contributed by atoms with Crippen molar-refractivity contribution in [2.45, 2.75) is 45.6 Å². The largest absolute Gasteiger partial charge is 0.493 e. The predicted molar refractivity (Wildman–Crippen MR) is 149 cm³/mol. The highest BCUT2D eigenvalue weighted by molar-refractivity contribution is 5.74. The number of aliphatic hydroxyl groups excluding tert-OH is 1. The lowest BCUT2D eigenvalue weighted by atomic mass is 9.95. The van der Waals surface area contributed by atoms with Gasteiger partial charge in [-0.3, -0.25) is 4.98 Å². The fourth-order valence-corrected chi connectivity index (χ4v) is 4.90. The highest BCUT2D eigenvalue weighted by Gasteiger charge is 2.19. The van der Waals surface area contributed by atoms with Gasteiger partial charge in [-0.25, -0.2) is 0 Å². The third-order valence-electron chi connectivity index (χ3n) is 7.08. The molecule has 0 aliphatic carbocycles. The fourth-order valence-electron chi connectivity index (χ4n) is 4.90. The highest BCUT2D eigenvalue weighted by Crippen LogP contribution is 2.35. The molecule has 6 heteroatoms. The number of aromatic nitrogens is 1. The van der Waals surface area contributed by atoms with Gasteiger partial charge in [0.2, 0.25) is 0 Å². The Kier molecular flexibility index (Phi) is 10.4. The monoisotopic (exact) mass is 503 g/mol. The molecule has 4 rings (SSSR count). The molecule has 1 aromatic heterocycles. The molecule has 0 spiro atoms. The van der Waals surface area contributed by atoms with E-state index in [2.05, 4.69) is 77.6 Å². The van der Waals surface area contributed by atoms with Crippen molar-refractivity contribution in [1.29, 1.82) is 0 Å². The Hall–Kier alpha value is -2.93. The molecule has 2 heterocycles. The average Bonchev–Trinajstić information content (AvgIpc) is 3.33. The molecular formula is C31H41N3O3. The van der Waals surface area contributed by atoms with Gasteiger partial charge in [-0.15, -0.1) is 0 Å². The molecular weight excluding hydrogens is 462 g/mol. The Morgan fingerprint density at radius 2 is 1.54 bits per heavy atom. The normalized spacial score (nSPS) is 15.7. The molecule has 37 heavy (non-hydrogen) atoms. The Morgan fingerprint density at radius 1 is 0.892 bits per heavy atom. The number of nitrogens with one attached hydrogen (secondary N) is 1. The second kappa shape index (κ2) is 14.1. The number of hydrogen-bond donors (Lipinski definition) is 2. The maximum atomic E-state index is 9.69. The van der Waals surface area contributed by atoms with E-state index in [1.54, 1.807) is 0 Å². The first-order valence-electron chi connectivity index (χ1n) is 13.6. The van der Waals surface area contributed by atoms with Crippen LogP contribution in [0.25, 0.3) is 11.1 Å². The number of nitrogens with zero attached hydrogens (tertiary/aromatic N) is 2. The van der Waals surface area contributed by atoms with Crippen LogP contribution in [0, 0.1) is 13.8 Å². The van der Waals surface area contributed by atoms with Crippen molar-refractivity contribution in [3.63, 3.8) is 0 Å². The lowest BCUT2D eigenvalue weighted by Gasteiger charge is -2.18. The van der Waals surface area contributed by atoms with Crippen molar-refractivity contribution in [2.24, 2.45) is 0 Å². The Labute approximate surface area is 221 Å². The van der Waals surface area contributed by atoms with Gasteiger partial charge in [-0.2, -0.15) is 0 Å². The first-order chi connectivity index (χ1) is 18.1. The molecule has 1 saturated heterocycles. The Bertz CT molecular complexity index is 1110. The zero-order valence-electron chi connectivity index (χ0n) is 22.3. The topological polar surface area (TPSA) is 66.8 Å². The maximum absolute atomic E-state index is 9.69. The minimum Gasteiger partial charge on any atom is -0.493 e. The molecule has 198 valence electrons. The van der Waals surface area contributed by atoms with Crippen LogP contribution in [0.5, 0.6) is 11.5 Å². The van der Waals surface area contributed by atoms with Crippen LogP contribution >= 0.6 is 0 Å². The number of benzene rings is 2. The zero-order valence-corrected chi connectivity index (χ0v) is 22.3. The van der Waals surface area contributed by atoms with E-state index >= 15 is 0 Å². The van der Waals surface area contributed by atoms with Crippen molar-refractivity contribution in [2.75, 3.05) is 45.9 Å². The second-order valence-corrected chi connectivity index (χ2v) is 9.86. The van der Waals surface area contributed by atoms with Crippen LogP contribution in [-0.2, 0) is 6.42 Å². The molecule has 2 N–H and O–H groups in total. The summed E-state index contributed by atoms with van der Waals surface area (Å²) in [7, 11) is 0. The van der Waals surface area contributed by atoms with Crippen molar-refractivity contribution in [1.82, 2.24) is 15.2 Å². The summed E-state index contributed by atoms with van der Waals surface area (Å²) in [5.41, 5.74) is 5.97. The van der Waals surface area contributed by atoms with Crippen molar-refractivity contribution < 1.29 is 14.6 Å². The zero-order chi connectivity index (χ0) is 25.9. The summed E-state index contributed by atoms with van der Waals surface area (Å²) in [5, 5.41) is 13.2. The highest BCUT2D eigenvalue weighted by atomic mass is 16.5. The van der Waals surface area contributed by atoms with Gasteiger partial charge in [0.1, 0.15) is 11.5 Å². The van der Waals surface area contributed by atoms with Crippen LogP contribution in [0.2, 0.25) is 0 Å². The summed E-state index contributed by atoms with van der Waals surface area (Å²) < 4.78 is 12.3. The molecule has 1 atom stereocenters. The second-order valence-electron chi connectivity index (χ2n) is 9.86. The summed E-state index contributed by atoms with van der Waals surface area (Å²) in [4.78, 5) is 6.37. The lowest BCUT2D eigenvalue weighted by Crippen LogP contribution is -2.24. The SMILES string of the molecule is Cc1c(OCCCNCCc2ccncc2)cccc1-c1cccc(OCCCN2CCC(O)C2)c1C. The third kappa shape index (κ3) is 8.03. The fraction of sp³-hybridized carbons (Fsp3) is 0.452. The summed E-state index contributed by atoms with van der Waals surface area (Å²) in [5.74, 6) is 1.87. The molecule has 0 radical (unpaired) electrons. The molecule has 1 unspecified atom stereocenters. The van der Waals surface area contributed by atoms with E-state index in [-0.39, 0.29) is 6.10 Å². The quantitative estimate of drug-likeness (QED) is 0.308. The van der Waals surface area contributed by atoms with Crippen LogP contribution in [0.3, 0.4) is 0 Å². The summed E-state index contributed by atoms with van der Waals surface area (Å²) in [6.45, 7) is 10.2. The Balaban J connectivity index is 1.24. The molecule has 1 aliphatic heterocycles. The van der Waals surface area contributed by atoms with Crippen LogP contribution < -0.4 is 14.8 Å². The van der Waals surface area contributed by atoms with Gasteiger partial charge >= 0.3 is 0 Å². The summed E-state index contributed by atoms with van der Waals surface area (Å²) >= 11 is 0. The number of rotatable bonds is 14. The number of β-amino-alcohol motifs (C(OH)–C–C–N with tert-alkyl or cyclic N) is 1. The van der Waals surface area contributed by atoms with Gasteiger partial charge in [0, 0.05) is 32.0 Å². The van der Waals surface area contributed by atoms with Crippen LogP contribution in [0.15, 0.2) is 60.9 Å².